The standard InChI is InChI=1S/C15H20N2S2/c1-11(2)16-8-13-5-4-6-15(7-13)19-10-14-9-18-12(3)17-14/h4-7,9,11,16H,8,10H2,1-3H3. The lowest BCUT2D eigenvalue weighted by molar-refractivity contribution is 0.588. The molecule has 0 spiro atoms. The Labute approximate surface area is 123 Å². The predicted octanol–water partition coefficient (Wildman–Crippen LogP) is 4.24. The van der Waals surface area contributed by atoms with Crippen molar-refractivity contribution in [2.75, 3.05) is 0 Å². The highest BCUT2D eigenvalue weighted by Gasteiger charge is 2.02. The molecular formula is C15H20N2S2. The van der Waals surface area contributed by atoms with Crippen molar-refractivity contribution < 1.29 is 0 Å². The monoisotopic (exact) mass is 292 g/mol. The van der Waals surface area contributed by atoms with E-state index in [1.165, 1.54) is 16.2 Å². The summed E-state index contributed by atoms with van der Waals surface area (Å²) in [6.07, 6.45) is 0. The van der Waals surface area contributed by atoms with Crippen LogP contribution in [0.5, 0.6) is 0 Å². The van der Waals surface area contributed by atoms with Crippen molar-refractivity contribution in [1.82, 2.24) is 10.3 Å². The van der Waals surface area contributed by atoms with Gasteiger partial charge in [0.25, 0.3) is 0 Å². The van der Waals surface area contributed by atoms with Gasteiger partial charge in [0.2, 0.25) is 0 Å². The quantitative estimate of drug-likeness (QED) is 0.806. The largest absolute Gasteiger partial charge is 0.310 e. The summed E-state index contributed by atoms with van der Waals surface area (Å²) in [6, 6.07) is 9.26. The number of nitrogens with zero attached hydrogens (tertiary/aromatic N) is 1. The molecule has 0 aliphatic rings. The molecule has 102 valence electrons. The second-order valence-electron chi connectivity index (χ2n) is 4.83. The molecule has 0 aliphatic heterocycles. The molecule has 0 saturated heterocycles. The molecule has 1 aromatic carbocycles. The highest BCUT2D eigenvalue weighted by atomic mass is 32.2. The smallest absolute Gasteiger partial charge is 0.0897 e. The van der Waals surface area contributed by atoms with E-state index in [-0.39, 0.29) is 0 Å². The first-order valence-electron chi connectivity index (χ1n) is 6.49. The van der Waals surface area contributed by atoms with E-state index in [1.807, 2.05) is 11.8 Å². The minimum atomic E-state index is 0.522. The number of nitrogens with one attached hydrogen (secondary N) is 1. The second kappa shape index (κ2) is 7.08. The second-order valence-corrected chi connectivity index (χ2v) is 6.94. The molecule has 2 nitrogen and oxygen atoms in total. The first-order chi connectivity index (χ1) is 9.13. The molecule has 2 rings (SSSR count). The van der Waals surface area contributed by atoms with Crippen LogP contribution in [0.1, 0.15) is 30.1 Å². The molecule has 1 aromatic heterocycles. The summed E-state index contributed by atoms with van der Waals surface area (Å²) in [6.45, 7) is 7.32. The highest BCUT2D eigenvalue weighted by molar-refractivity contribution is 7.98. The first kappa shape index (κ1) is 14.6. The van der Waals surface area contributed by atoms with Crippen molar-refractivity contribution in [1.29, 1.82) is 0 Å². The molecule has 0 saturated carbocycles. The molecule has 1 heterocycles. The van der Waals surface area contributed by atoms with Crippen molar-refractivity contribution in [3.05, 3.63) is 45.9 Å². The average molecular weight is 292 g/mol. The minimum absolute atomic E-state index is 0.522. The van der Waals surface area contributed by atoms with Crippen molar-refractivity contribution in [3.63, 3.8) is 0 Å². The third-order valence-corrected chi connectivity index (χ3v) is 4.52. The summed E-state index contributed by atoms with van der Waals surface area (Å²) in [7, 11) is 0. The van der Waals surface area contributed by atoms with Crippen LogP contribution in [0.15, 0.2) is 34.5 Å². The van der Waals surface area contributed by atoms with E-state index >= 15 is 0 Å². The summed E-state index contributed by atoms with van der Waals surface area (Å²) in [5.41, 5.74) is 2.52. The lowest BCUT2D eigenvalue weighted by atomic mass is 10.2. The topological polar surface area (TPSA) is 24.9 Å². The maximum atomic E-state index is 4.49. The van der Waals surface area contributed by atoms with Crippen LogP contribution >= 0.6 is 23.1 Å². The molecule has 4 heteroatoms. The van der Waals surface area contributed by atoms with Gasteiger partial charge in [-0.05, 0) is 24.6 Å². The maximum absolute atomic E-state index is 4.49. The normalized spacial score (nSPS) is 11.2. The number of hydrogen-bond acceptors (Lipinski definition) is 4. The Morgan fingerprint density at radius 2 is 2.21 bits per heavy atom. The van der Waals surface area contributed by atoms with Gasteiger partial charge in [0.1, 0.15) is 0 Å². The van der Waals surface area contributed by atoms with Crippen LogP contribution in [0.2, 0.25) is 0 Å². The molecule has 2 aromatic rings. The van der Waals surface area contributed by atoms with Gasteiger partial charge in [-0.3, -0.25) is 0 Å². The Kier molecular flexibility index (Phi) is 5.43. The Morgan fingerprint density at radius 3 is 2.89 bits per heavy atom. The summed E-state index contributed by atoms with van der Waals surface area (Å²) in [5, 5.41) is 6.74. The molecule has 0 atom stereocenters. The van der Waals surface area contributed by atoms with E-state index in [0.29, 0.717) is 6.04 Å². The fraction of sp³-hybridized carbons (Fsp3) is 0.400. The lowest BCUT2D eigenvalue weighted by Crippen LogP contribution is -2.21. The maximum Gasteiger partial charge on any atom is 0.0897 e. The van der Waals surface area contributed by atoms with Gasteiger partial charge in [0.05, 0.1) is 10.7 Å². The molecule has 0 unspecified atom stereocenters. The number of hydrogen-bond donors (Lipinski definition) is 1. The van der Waals surface area contributed by atoms with E-state index in [1.54, 1.807) is 11.3 Å². The molecule has 19 heavy (non-hydrogen) atoms. The van der Waals surface area contributed by atoms with Crippen LogP contribution in [-0.4, -0.2) is 11.0 Å². The van der Waals surface area contributed by atoms with E-state index in [0.717, 1.165) is 17.3 Å². The zero-order valence-electron chi connectivity index (χ0n) is 11.6. The summed E-state index contributed by atoms with van der Waals surface area (Å²) >= 11 is 3.57. The molecule has 0 amide bonds. The van der Waals surface area contributed by atoms with Gasteiger partial charge in [-0.2, -0.15) is 0 Å². The Balaban J connectivity index is 1.91. The number of aryl methyl sites for hydroxylation is 1. The van der Waals surface area contributed by atoms with Gasteiger partial charge in [-0.25, -0.2) is 4.98 Å². The summed E-state index contributed by atoms with van der Waals surface area (Å²) < 4.78 is 0. The van der Waals surface area contributed by atoms with Gasteiger partial charge >= 0.3 is 0 Å². The fourth-order valence-electron chi connectivity index (χ4n) is 1.70. The Bertz CT molecular complexity index is 520. The molecule has 0 fully saturated rings. The number of rotatable bonds is 6. The van der Waals surface area contributed by atoms with E-state index in [4.69, 9.17) is 0 Å². The van der Waals surface area contributed by atoms with Gasteiger partial charge in [-0.1, -0.05) is 26.0 Å². The van der Waals surface area contributed by atoms with Crippen LogP contribution in [0.3, 0.4) is 0 Å². The number of thioether (sulfide) groups is 1. The number of aromatic nitrogens is 1. The highest BCUT2D eigenvalue weighted by Crippen LogP contribution is 2.24. The molecule has 0 radical (unpaired) electrons. The molecule has 1 N–H and O–H groups in total. The van der Waals surface area contributed by atoms with Crippen LogP contribution in [0.25, 0.3) is 0 Å². The van der Waals surface area contributed by atoms with E-state index < -0.39 is 0 Å². The van der Waals surface area contributed by atoms with Crippen molar-refractivity contribution in [2.24, 2.45) is 0 Å². The van der Waals surface area contributed by atoms with Crippen molar-refractivity contribution in [2.45, 2.75) is 44.0 Å². The molecular weight excluding hydrogens is 272 g/mol. The Hall–Kier alpha value is -0.840. The van der Waals surface area contributed by atoms with Crippen LogP contribution < -0.4 is 5.32 Å². The van der Waals surface area contributed by atoms with Gasteiger partial charge < -0.3 is 5.32 Å². The van der Waals surface area contributed by atoms with Gasteiger partial charge in [-0.15, -0.1) is 23.1 Å². The van der Waals surface area contributed by atoms with Crippen LogP contribution in [0.4, 0.5) is 0 Å². The molecule has 0 aliphatic carbocycles. The van der Waals surface area contributed by atoms with E-state index in [9.17, 15) is 0 Å². The number of thiazole rings is 1. The van der Waals surface area contributed by atoms with Crippen LogP contribution in [0, 0.1) is 6.92 Å². The third-order valence-electron chi connectivity index (χ3n) is 2.67. The molecule has 0 bridgehead atoms. The third kappa shape index (κ3) is 4.97. The Morgan fingerprint density at radius 1 is 1.37 bits per heavy atom. The van der Waals surface area contributed by atoms with Crippen molar-refractivity contribution in [3.8, 4) is 0 Å². The van der Waals surface area contributed by atoms with Crippen LogP contribution in [-0.2, 0) is 12.3 Å². The summed E-state index contributed by atoms with van der Waals surface area (Å²) in [5.74, 6) is 0.950. The van der Waals surface area contributed by atoms with Gasteiger partial charge in [0, 0.05) is 28.6 Å². The number of benzene rings is 1. The van der Waals surface area contributed by atoms with Gasteiger partial charge in [0.15, 0.2) is 0 Å². The fourth-order valence-corrected chi connectivity index (χ4v) is 3.29. The van der Waals surface area contributed by atoms with Crippen molar-refractivity contribution >= 4 is 23.1 Å². The predicted molar refractivity (Wildman–Crippen MR) is 84.8 cm³/mol. The summed E-state index contributed by atoms with van der Waals surface area (Å²) in [4.78, 5) is 5.81. The minimum Gasteiger partial charge on any atom is -0.310 e. The average Bonchev–Trinajstić information content (AvgIpc) is 2.80. The zero-order chi connectivity index (χ0) is 13.7. The first-order valence-corrected chi connectivity index (χ1v) is 8.36. The SMILES string of the molecule is Cc1nc(CSc2cccc(CNC(C)C)c2)cs1. The lowest BCUT2D eigenvalue weighted by Gasteiger charge is -2.09. The van der Waals surface area contributed by atoms with E-state index in [2.05, 4.69) is 60.7 Å². The zero-order valence-corrected chi connectivity index (χ0v) is 13.3.